The summed E-state index contributed by atoms with van der Waals surface area (Å²) >= 11 is 0. The summed E-state index contributed by atoms with van der Waals surface area (Å²) in [5, 5.41) is 86.0. The zero-order valence-corrected chi connectivity index (χ0v) is 31.8. The minimum Gasteiger partial charge on any atom is -0.394 e. The lowest BCUT2D eigenvalue weighted by molar-refractivity contribution is -0.359. The highest BCUT2D eigenvalue weighted by Crippen LogP contribution is 2.30. The van der Waals surface area contributed by atoms with Crippen molar-refractivity contribution in [1.29, 1.82) is 0 Å². The Balaban J connectivity index is 1.92. The fourth-order valence-electron chi connectivity index (χ4n) is 6.88. The van der Waals surface area contributed by atoms with Crippen molar-refractivity contribution in [3.05, 3.63) is 0 Å². The minimum atomic E-state index is -1.78. The van der Waals surface area contributed by atoms with Crippen molar-refractivity contribution in [2.24, 2.45) is 0 Å². The Morgan fingerprint density at radius 1 is 0.615 bits per heavy atom. The zero-order chi connectivity index (χ0) is 38.3. The average Bonchev–Trinajstić information content (AvgIpc) is 3.14. The van der Waals surface area contributed by atoms with Crippen molar-refractivity contribution < 1.29 is 64.6 Å². The lowest BCUT2D eigenvalue weighted by Crippen LogP contribution is -2.65. The third-order valence-corrected chi connectivity index (χ3v) is 10.3. The van der Waals surface area contributed by atoms with Gasteiger partial charge in [0.25, 0.3) is 0 Å². The van der Waals surface area contributed by atoms with Crippen LogP contribution in [-0.2, 0) is 23.7 Å². The maximum absolute atomic E-state index is 13.0. The van der Waals surface area contributed by atoms with Gasteiger partial charge in [0.05, 0.1) is 32.0 Å². The molecule has 52 heavy (non-hydrogen) atoms. The van der Waals surface area contributed by atoms with Crippen molar-refractivity contribution in [3.63, 3.8) is 0 Å². The molecule has 2 saturated heterocycles. The molecule has 2 heterocycles. The van der Waals surface area contributed by atoms with Crippen LogP contribution in [0.2, 0.25) is 0 Å². The second-order valence-electron chi connectivity index (χ2n) is 14.8. The van der Waals surface area contributed by atoms with E-state index in [1.807, 2.05) is 0 Å². The number of aliphatic hydroxyl groups excluding tert-OH is 8. The predicted octanol–water partition coefficient (Wildman–Crippen LogP) is 2.31. The van der Waals surface area contributed by atoms with Gasteiger partial charge in [0, 0.05) is 6.42 Å². The number of unbranched alkanes of at least 4 members (excludes halogenated alkanes) is 16. The lowest BCUT2D eigenvalue weighted by Gasteiger charge is -2.46. The van der Waals surface area contributed by atoms with Gasteiger partial charge in [-0.1, -0.05) is 123 Å². The van der Waals surface area contributed by atoms with Gasteiger partial charge in [0.1, 0.15) is 48.8 Å². The minimum absolute atomic E-state index is 0.213. The van der Waals surface area contributed by atoms with Crippen molar-refractivity contribution in [1.82, 2.24) is 5.32 Å². The van der Waals surface area contributed by atoms with Crippen LogP contribution in [0.15, 0.2) is 0 Å². The molecule has 0 aromatic carbocycles. The van der Waals surface area contributed by atoms with Crippen LogP contribution in [0.4, 0.5) is 0 Å². The van der Waals surface area contributed by atoms with E-state index in [9.17, 15) is 45.6 Å². The van der Waals surface area contributed by atoms with Gasteiger partial charge < -0.3 is 65.1 Å². The summed E-state index contributed by atoms with van der Waals surface area (Å²) in [5.74, 6) is -0.213. The smallest absolute Gasteiger partial charge is 0.220 e. The predicted molar refractivity (Wildman–Crippen MR) is 194 cm³/mol. The van der Waals surface area contributed by atoms with E-state index < -0.39 is 86.8 Å². The highest BCUT2D eigenvalue weighted by Gasteiger charge is 2.50. The molecule has 0 radical (unpaired) electrons. The largest absolute Gasteiger partial charge is 0.394 e. The number of aliphatic hydroxyl groups is 8. The Hall–Kier alpha value is -1.01. The van der Waals surface area contributed by atoms with Crippen LogP contribution < -0.4 is 5.32 Å². The van der Waals surface area contributed by atoms with Crippen molar-refractivity contribution in [2.75, 3.05) is 19.8 Å². The van der Waals surface area contributed by atoms with Gasteiger partial charge in [0.2, 0.25) is 5.91 Å². The number of amides is 1. The van der Waals surface area contributed by atoms with Gasteiger partial charge in [-0.15, -0.1) is 0 Å². The van der Waals surface area contributed by atoms with Crippen LogP contribution in [0.25, 0.3) is 0 Å². The van der Waals surface area contributed by atoms with Crippen LogP contribution in [0.1, 0.15) is 142 Å². The normalized spacial score (nSPS) is 30.7. The Labute approximate surface area is 311 Å². The quantitative estimate of drug-likeness (QED) is 0.0501. The molecule has 2 rings (SSSR count). The third-order valence-electron chi connectivity index (χ3n) is 10.3. The van der Waals surface area contributed by atoms with Gasteiger partial charge in [-0.05, 0) is 12.8 Å². The van der Waals surface area contributed by atoms with E-state index in [1.54, 1.807) is 0 Å². The number of carbonyl (C=O) groups is 1. The van der Waals surface area contributed by atoms with Gasteiger partial charge >= 0.3 is 0 Å². The first-order chi connectivity index (χ1) is 25.1. The van der Waals surface area contributed by atoms with Crippen molar-refractivity contribution >= 4 is 5.91 Å². The molecule has 2 fully saturated rings. The molecule has 0 aliphatic carbocycles. The molecule has 0 spiro atoms. The Kier molecular flexibility index (Phi) is 25.0. The van der Waals surface area contributed by atoms with Gasteiger partial charge in [-0.2, -0.15) is 0 Å². The molecule has 308 valence electrons. The maximum Gasteiger partial charge on any atom is 0.220 e. The summed E-state index contributed by atoms with van der Waals surface area (Å²) in [4.78, 5) is 13.0. The van der Waals surface area contributed by atoms with Crippen LogP contribution >= 0.6 is 0 Å². The molecule has 14 heteroatoms. The van der Waals surface area contributed by atoms with Crippen LogP contribution in [0, 0.1) is 0 Å². The number of rotatable bonds is 29. The highest BCUT2D eigenvalue weighted by atomic mass is 16.7. The van der Waals surface area contributed by atoms with E-state index in [0.717, 1.165) is 51.4 Å². The molecule has 12 atom stereocenters. The first-order valence-electron chi connectivity index (χ1n) is 20.3. The Bertz CT molecular complexity index is 899. The molecule has 14 nitrogen and oxygen atoms in total. The summed E-state index contributed by atoms with van der Waals surface area (Å²) in [5.41, 5.74) is 0. The maximum atomic E-state index is 13.0. The van der Waals surface area contributed by atoms with E-state index in [2.05, 4.69) is 19.2 Å². The number of carbonyl (C=O) groups excluding carboxylic acids is 1. The molecule has 9 N–H and O–H groups in total. The topological polar surface area (TPSA) is 228 Å². The fourth-order valence-corrected chi connectivity index (χ4v) is 6.88. The van der Waals surface area contributed by atoms with Crippen LogP contribution in [-0.4, -0.2) is 140 Å². The Morgan fingerprint density at radius 2 is 1.10 bits per heavy atom. The van der Waals surface area contributed by atoms with E-state index in [0.29, 0.717) is 12.8 Å². The molecule has 0 aromatic heterocycles. The highest BCUT2D eigenvalue weighted by molar-refractivity contribution is 5.76. The fraction of sp³-hybridized carbons (Fsp3) is 0.974. The summed E-state index contributed by atoms with van der Waals surface area (Å²) < 4.78 is 22.5. The van der Waals surface area contributed by atoms with Crippen LogP contribution in [0.5, 0.6) is 0 Å². The number of ether oxygens (including phenoxy) is 4. The molecule has 2 aliphatic rings. The second kappa shape index (κ2) is 27.6. The number of hydrogen-bond acceptors (Lipinski definition) is 13. The SMILES string of the molecule is CCCCCCCCCCCCCC(=O)NC(COC1OC(CO)C(OC2OC(CO)C(O)C(O)C2O)C(O)C1O)C(O)CCCCCCCCC. The van der Waals surface area contributed by atoms with E-state index >= 15 is 0 Å². The first kappa shape index (κ1) is 47.1. The van der Waals surface area contributed by atoms with Crippen molar-refractivity contribution in [2.45, 2.75) is 216 Å². The van der Waals surface area contributed by atoms with E-state index in [4.69, 9.17) is 18.9 Å². The monoisotopic (exact) mass is 752 g/mol. The number of nitrogens with one attached hydrogen (secondary N) is 1. The zero-order valence-electron chi connectivity index (χ0n) is 31.8. The van der Waals surface area contributed by atoms with Gasteiger partial charge in [-0.25, -0.2) is 0 Å². The molecule has 2 aliphatic heterocycles. The molecule has 0 aromatic rings. The van der Waals surface area contributed by atoms with Crippen molar-refractivity contribution in [3.8, 4) is 0 Å². The lowest BCUT2D eigenvalue weighted by atomic mass is 9.97. The van der Waals surface area contributed by atoms with Gasteiger partial charge in [-0.3, -0.25) is 4.79 Å². The molecule has 0 saturated carbocycles. The molecule has 12 unspecified atom stereocenters. The molecular formula is C38H73NO13. The van der Waals surface area contributed by atoms with Crippen LogP contribution in [0.3, 0.4) is 0 Å². The second-order valence-corrected chi connectivity index (χ2v) is 14.8. The van der Waals surface area contributed by atoms with Gasteiger partial charge in [0.15, 0.2) is 12.6 Å². The molecular weight excluding hydrogens is 678 g/mol. The average molecular weight is 752 g/mol. The first-order valence-corrected chi connectivity index (χ1v) is 20.3. The molecule has 1 amide bonds. The Morgan fingerprint density at radius 3 is 1.63 bits per heavy atom. The number of hydrogen-bond donors (Lipinski definition) is 9. The van der Waals surface area contributed by atoms with E-state index in [-0.39, 0.29) is 12.5 Å². The standard InChI is InChI=1S/C38H73NO13/c1-3-5-7-9-11-12-13-14-16-18-20-22-30(43)39-26(27(42)21-19-17-15-10-8-6-4-2)25-49-37-35(48)33(46)36(29(24-41)51-37)52-38-34(47)32(45)31(44)28(23-40)50-38/h26-29,31-38,40-42,44-48H,3-25H2,1-2H3,(H,39,43). The summed E-state index contributed by atoms with van der Waals surface area (Å²) in [6.07, 6.45) is 4.39. The summed E-state index contributed by atoms with van der Waals surface area (Å²) in [6.45, 7) is 2.75. The summed E-state index contributed by atoms with van der Waals surface area (Å²) in [7, 11) is 0. The third kappa shape index (κ3) is 16.8. The molecule has 0 bridgehead atoms. The summed E-state index contributed by atoms with van der Waals surface area (Å²) in [6, 6.07) is -0.816. The van der Waals surface area contributed by atoms with E-state index in [1.165, 1.54) is 64.2 Å².